The van der Waals surface area contributed by atoms with E-state index in [0.717, 1.165) is 48.1 Å². The third kappa shape index (κ3) is 4.49. The van der Waals surface area contributed by atoms with E-state index in [2.05, 4.69) is 0 Å². The van der Waals surface area contributed by atoms with Crippen LogP contribution in [0.2, 0.25) is 0 Å². The minimum Gasteiger partial charge on any atom is -0.481 e. The van der Waals surface area contributed by atoms with Crippen LogP contribution in [0, 0.1) is 29.5 Å². The molecule has 1 N–H and O–H groups in total. The van der Waals surface area contributed by atoms with Crippen LogP contribution in [-0.4, -0.2) is 22.6 Å². The number of thioether (sulfide) groups is 1. The van der Waals surface area contributed by atoms with Crippen molar-refractivity contribution in [2.24, 2.45) is 23.7 Å². The predicted octanol–water partition coefficient (Wildman–Crippen LogP) is 6.48. The van der Waals surface area contributed by atoms with Crippen LogP contribution in [-0.2, 0) is 16.0 Å². The van der Waals surface area contributed by atoms with Gasteiger partial charge in [0.2, 0.25) is 0 Å². The van der Waals surface area contributed by atoms with Gasteiger partial charge in [-0.25, -0.2) is 4.39 Å². The molecule has 0 spiro atoms. The van der Waals surface area contributed by atoms with Gasteiger partial charge in [0.05, 0.1) is 5.92 Å². The number of aliphatic carboxylic acids is 1. The van der Waals surface area contributed by atoms with Crippen LogP contribution in [0.3, 0.4) is 0 Å². The Balaban J connectivity index is 1.31. The van der Waals surface area contributed by atoms with Crippen molar-refractivity contribution in [1.82, 2.24) is 0 Å². The van der Waals surface area contributed by atoms with Crippen molar-refractivity contribution in [3.8, 4) is 0 Å². The largest absolute Gasteiger partial charge is 0.481 e. The highest BCUT2D eigenvalue weighted by molar-refractivity contribution is 7.98. The van der Waals surface area contributed by atoms with E-state index in [9.17, 15) is 9.59 Å². The topological polar surface area (TPSA) is 54.4 Å². The second-order valence-electron chi connectivity index (χ2n) is 10.7. The van der Waals surface area contributed by atoms with Crippen molar-refractivity contribution < 1.29 is 19.1 Å². The zero-order chi connectivity index (χ0) is 23.2. The van der Waals surface area contributed by atoms with Gasteiger partial charge in [-0.15, -0.1) is 0 Å². The van der Waals surface area contributed by atoms with Crippen molar-refractivity contribution in [2.75, 3.05) is 5.75 Å². The van der Waals surface area contributed by atoms with Gasteiger partial charge in [-0.2, -0.15) is 11.8 Å². The number of hydrogen-bond donors (Lipinski definition) is 1. The van der Waals surface area contributed by atoms with Crippen molar-refractivity contribution in [3.05, 3.63) is 70.5 Å². The zero-order valence-electron chi connectivity index (χ0n) is 19.1. The molecule has 3 nitrogen and oxygen atoms in total. The first-order chi connectivity index (χ1) is 15.8. The molecule has 4 saturated carbocycles. The lowest BCUT2D eigenvalue weighted by atomic mass is 9.48. The Morgan fingerprint density at radius 1 is 1.03 bits per heavy atom. The summed E-state index contributed by atoms with van der Waals surface area (Å²) in [6.45, 7) is 1.69. The number of carboxylic acid groups (broad SMARTS) is 1. The number of carbonyl (C=O) groups is 2. The molecular weight excluding hydrogens is 435 g/mol. The first-order valence-electron chi connectivity index (χ1n) is 12.1. The summed E-state index contributed by atoms with van der Waals surface area (Å²) in [5.41, 5.74) is 2.71. The lowest BCUT2D eigenvalue weighted by Crippen LogP contribution is -2.48. The van der Waals surface area contributed by atoms with E-state index < -0.39 is 11.9 Å². The van der Waals surface area contributed by atoms with E-state index in [1.807, 2.05) is 30.3 Å². The van der Waals surface area contributed by atoms with Gasteiger partial charge in [-0.3, -0.25) is 9.59 Å². The Morgan fingerprint density at radius 2 is 1.67 bits per heavy atom. The molecule has 1 unspecified atom stereocenters. The second-order valence-corrected chi connectivity index (χ2v) is 11.7. The summed E-state index contributed by atoms with van der Waals surface area (Å²) in [5.74, 6) is 1.79. The van der Waals surface area contributed by atoms with Crippen LogP contribution in [0.1, 0.15) is 72.5 Å². The number of carbonyl (C=O) groups excluding carboxylic acids is 1. The second kappa shape index (κ2) is 8.90. The van der Waals surface area contributed by atoms with Gasteiger partial charge in [0.15, 0.2) is 5.78 Å². The van der Waals surface area contributed by atoms with Gasteiger partial charge in [-0.05, 0) is 85.0 Å². The van der Waals surface area contributed by atoms with Crippen molar-refractivity contribution in [3.63, 3.8) is 0 Å². The maximum atomic E-state index is 15.4. The summed E-state index contributed by atoms with van der Waals surface area (Å²) >= 11 is 1.54. The van der Waals surface area contributed by atoms with Gasteiger partial charge in [0.1, 0.15) is 5.82 Å². The molecule has 4 fully saturated rings. The van der Waals surface area contributed by atoms with Crippen LogP contribution in [0.5, 0.6) is 0 Å². The van der Waals surface area contributed by atoms with E-state index >= 15 is 4.39 Å². The molecule has 2 aromatic carbocycles. The lowest BCUT2D eigenvalue weighted by molar-refractivity contribution is -0.140. The van der Waals surface area contributed by atoms with Gasteiger partial charge < -0.3 is 5.11 Å². The maximum Gasteiger partial charge on any atom is 0.307 e. The summed E-state index contributed by atoms with van der Waals surface area (Å²) in [6, 6.07) is 12.5. The molecule has 1 atom stereocenters. The van der Waals surface area contributed by atoms with Crippen molar-refractivity contribution in [2.45, 2.75) is 56.6 Å². The van der Waals surface area contributed by atoms with Crippen LogP contribution >= 0.6 is 11.8 Å². The van der Waals surface area contributed by atoms with E-state index in [-0.39, 0.29) is 17.0 Å². The predicted molar refractivity (Wildman–Crippen MR) is 129 cm³/mol. The standard InChI is InChI=1S/C28H31FO3S/c1-17(27(31)32)15-33-16-18-3-2-4-22(10-18)26(30)23-5-6-24(25(29)11-23)28-12-19-7-20(13-28)9-21(8-19)14-28/h2-6,10-11,17,19-21H,7-9,12-16H2,1H3,(H,31,32). The molecule has 4 aliphatic carbocycles. The van der Waals surface area contributed by atoms with E-state index in [1.165, 1.54) is 37.1 Å². The summed E-state index contributed by atoms with van der Waals surface area (Å²) in [6.07, 6.45) is 7.26. The monoisotopic (exact) mass is 466 g/mol. The third-order valence-electron chi connectivity index (χ3n) is 8.09. The molecule has 4 aliphatic rings. The highest BCUT2D eigenvalue weighted by atomic mass is 32.2. The molecule has 0 saturated heterocycles. The van der Waals surface area contributed by atoms with E-state index in [0.29, 0.717) is 22.6 Å². The first kappa shape index (κ1) is 22.6. The zero-order valence-corrected chi connectivity index (χ0v) is 19.9. The summed E-state index contributed by atoms with van der Waals surface area (Å²) in [7, 11) is 0. The minimum atomic E-state index is -0.801. The molecule has 33 heavy (non-hydrogen) atoms. The Labute approximate surface area is 199 Å². The number of halogens is 1. The normalized spacial score (nSPS) is 28.6. The third-order valence-corrected chi connectivity index (χ3v) is 9.36. The fourth-order valence-electron chi connectivity index (χ4n) is 6.92. The van der Waals surface area contributed by atoms with Gasteiger partial charge >= 0.3 is 5.97 Å². The fraction of sp³-hybridized carbons (Fsp3) is 0.500. The number of rotatable bonds is 8. The Morgan fingerprint density at radius 3 is 2.27 bits per heavy atom. The van der Waals surface area contributed by atoms with Crippen LogP contribution < -0.4 is 0 Å². The number of hydrogen-bond acceptors (Lipinski definition) is 3. The SMILES string of the molecule is CC(CSCc1cccc(C(=O)c2ccc(C34CC5CC(CC(C5)C3)C4)c(F)c2)c1)C(=O)O. The highest BCUT2D eigenvalue weighted by Gasteiger charge is 2.52. The van der Waals surface area contributed by atoms with Crippen LogP contribution in [0.4, 0.5) is 4.39 Å². The average Bonchev–Trinajstić information content (AvgIpc) is 2.77. The van der Waals surface area contributed by atoms with E-state index in [4.69, 9.17) is 5.11 Å². The number of benzene rings is 2. The summed E-state index contributed by atoms with van der Waals surface area (Å²) in [4.78, 5) is 24.1. The quantitative estimate of drug-likeness (QED) is 0.453. The van der Waals surface area contributed by atoms with Gasteiger partial charge in [0, 0.05) is 22.6 Å². The first-order valence-corrected chi connectivity index (χ1v) is 13.2. The molecule has 2 aromatic rings. The Hall–Kier alpha value is -2.14. The van der Waals surface area contributed by atoms with Crippen molar-refractivity contribution >= 4 is 23.5 Å². The van der Waals surface area contributed by atoms with Crippen molar-refractivity contribution in [1.29, 1.82) is 0 Å². The molecule has 6 rings (SSSR count). The fourth-order valence-corrected chi connectivity index (χ4v) is 7.95. The lowest BCUT2D eigenvalue weighted by Gasteiger charge is -2.57. The number of carboxylic acids is 1. The average molecular weight is 467 g/mol. The van der Waals surface area contributed by atoms with Gasteiger partial charge in [-0.1, -0.05) is 37.3 Å². The van der Waals surface area contributed by atoms with Crippen LogP contribution in [0.15, 0.2) is 42.5 Å². The molecule has 0 aliphatic heterocycles. The molecular formula is C28H31FO3S. The molecule has 0 heterocycles. The van der Waals surface area contributed by atoms with Crippen LogP contribution in [0.25, 0.3) is 0 Å². The molecule has 174 valence electrons. The number of ketones is 1. The molecule has 5 heteroatoms. The maximum absolute atomic E-state index is 15.4. The summed E-state index contributed by atoms with van der Waals surface area (Å²) < 4.78 is 15.4. The smallest absolute Gasteiger partial charge is 0.307 e. The van der Waals surface area contributed by atoms with Gasteiger partial charge in [0.25, 0.3) is 0 Å². The highest BCUT2D eigenvalue weighted by Crippen LogP contribution is 2.61. The molecule has 0 amide bonds. The molecule has 4 bridgehead atoms. The van der Waals surface area contributed by atoms with E-state index in [1.54, 1.807) is 13.0 Å². The molecule has 0 radical (unpaired) electrons. The summed E-state index contributed by atoms with van der Waals surface area (Å²) in [5, 5.41) is 9.02. The molecule has 0 aromatic heterocycles. The Bertz CT molecular complexity index is 1040. The minimum absolute atomic E-state index is 0.0232. The Kier molecular flexibility index (Phi) is 6.11.